The lowest BCUT2D eigenvalue weighted by atomic mass is 10.2. The minimum Gasteiger partial charge on any atom is -0.453 e. The number of hydrogen-bond acceptors (Lipinski definition) is 6. The van der Waals surface area contributed by atoms with Crippen molar-refractivity contribution in [2.24, 2.45) is 0 Å². The topological polar surface area (TPSA) is 89.9 Å². The van der Waals surface area contributed by atoms with Crippen molar-refractivity contribution in [2.45, 2.75) is 45.0 Å². The zero-order valence-corrected chi connectivity index (χ0v) is 25.3. The van der Waals surface area contributed by atoms with Gasteiger partial charge in [0.1, 0.15) is 18.1 Å². The van der Waals surface area contributed by atoms with Gasteiger partial charge in [0.15, 0.2) is 11.6 Å². The number of urea groups is 1. The van der Waals surface area contributed by atoms with E-state index in [1.165, 1.54) is 10.8 Å². The van der Waals surface area contributed by atoms with E-state index in [1.54, 1.807) is 0 Å². The summed E-state index contributed by atoms with van der Waals surface area (Å²) in [5.41, 5.74) is -1.58. The molecule has 1 saturated heterocycles. The molecule has 2 N–H and O–H groups in total. The first-order chi connectivity index (χ1) is 20.3. The minimum absolute atomic E-state index is 0.0812. The van der Waals surface area contributed by atoms with Crippen LogP contribution in [-0.2, 0) is 22.4 Å². The number of carbonyl (C=O) groups excluding carboxylic acids is 1. The van der Waals surface area contributed by atoms with Crippen LogP contribution in [0, 0.1) is 11.6 Å². The number of nitrogens with one attached hydrogen (secondary N) is 2. The van der Waals surface area contributed by atoms with Gasteiger partial charge < -0.3 is 29.4 Å². The van der Waals surface area contributed by atoms with Crippen LogP contribution in [0.2, 0.25) is 25.7 Å². The first-order valence-electron chi connectivity index (χ1n) is 14.0. The van der Waals surface area contributed by atoms with Gasteiger partial charge >= 0.3 is 12.2 Å². The fraction of sp³-hybridized carbons (Fsp3) is 0.500. The van der Waals surface area contributed by atoms with Crippen LogP contribution in [0.3, 0.4) is 0 Å². The number of halogens is 5. The maximum absolute atomic E-state index is 15.0. The predicted molar refractivity (Wildman–Crippen MR) is 154 cm³/mol. The van der Waals surface area contributed by atoms with Crippen molar-refractivity contribution in [3.63, 3.8) is 0 Å². The number of anilines is 1. The van der Waals surface area contributed by atoms with E-state index in [-0.39, 0.29) is 18.1 Å². The third-order valence-electron chi connectivity index (χ3n) is 6.81. The highest BCUT2D eigenvalue weighted by Crippen LogP contribution is 2.41. The fourth-order valence-corrected chi connectivity index (χ4v) is 5.20. The molecule has 0 bridgehead atoms. The zero-order valence-electron chi connectivity index (χ0n) is 24.3. The van der Waals surface area contributed by atoms with Crippen LogP contribution in [0.1, 0.15) is 12.0 Å². The Balaban J connectivity index is 1.45. The lowest BCUT2D eigenvalue weighted by molar-refractivity contribution is -0.136. The molecule has 2 aromatic heterocycles. The molecule has 43 heavy (non-hydrogen) atoms. The molecule has 3 aromatic rings. The summed E-state index contributed by atoms with van der Waals surface area (Å²) in [6.07, 6.45) is -2.05. The molecule has 0 saturated carbocycles. The molecular formula is C28H36F5N5O4Si. The van der Waals surface area contributed by atoms with Crippen molar-refractivity contribution in [3.8, 4) is 11.5 Å². The van der Waals surface area contributed by atoms with Gasteiger partial charge in [-0.3, -0.25) is 4.90 Å². The molecule has 1 fully saturated rings. The molecule has 15 heteroatoms. The number of hydrogen-bond donors (Lipinski definition) is 2. The Morgan fingerprint density at radius 1 is 1.09 bits per heavy atom. The van der Waals surface area contributed by atoms with Crippen LogP contribution in [0.4, 0.5) is 32.4 Å². The number of aromatic nitrogens is 2. The Bertz CT molecular complexity index is 1410. The second kappa shape index (κ2) is 14.0. The molecule has 0 aliphatic carbocycles. The summed E-state index contributed by atoms with van der Waals surface area (Å²) in [7, 11) is -1.41. The highest BCUT2D eigenvalue weighted by atomic mass is 28.3. The van der Waals surface area contributed by atoms with Gasteiger partial charge in [0, 0.05) is 46.7 Å². The molecule has 1 aromatic carbocycles. The van der Waals surface area contributed by atoms with E-state index in [2.05, 4.69) is 40.2 Å². The first kappa shape index (κ1) is 32.6. The average molecular weight is 630 g/mol. The van der Waals surface area contributed by atoms with Gasteiger partial charge in [0.2, 0.25) is 5.82 Å². The molecule has 0 radical (unpaired) electrons. The monoisotopic (exact) mass is 629 g/mol. The molecule has 3 heterocycles. The fourth-order valence-electron chi connectivity index (χ4n) is 4.45. The van der Waals surface area contributed by atoms with Crippen molar-refractivity contribution in [3.05, 3.63) is 47.8 Å². The van der Waals surface area contributed by atoms with E-state index in [1.807, 2.05) is 0 Å². The summed E-state index contributed by atoms with van der Waals surface area (Å²) < 4.78 is 89.5. The van der Waals surface area contributed by atoms with E-state index in [0.717, 1.165) is 50.1 Å². The highest BCUT2D eigenvalue weighted by Gasteiger charge is 2.37. The van der Waals surface area contributed by atoms with Gasteiger partial charge in [-0.2, -0.15) is 17.6 Å². The van der Waals surface area contributed by atoms with Crippen molar-refractivity contribution in [2.75, 3.05) is 51.3 Å². The molecule has 0 atom stereocenters. The van der Waals surface area contributed by atoms with Crippen molar-refractivity contribution < 1.29 is 41.0 Å². The standard InChI is InChI=1S/C28H36F5N5O4Si/c1-43(2,3)16-15-41-18-38-17-19(28(31,32)33)23-21(7-9-34-26(23)38)42-22-6-5-20(24(29)25(22)30)36-27(39)35-8-4-10-37-11-13-40-14-12-37/h5-7,9,17H,4,8,10-16,18H2,1-3H3,(H2,35,36,39). The third-order valence-corrected chi connectivity index (χ3v) is 8.51. The number of ether oxygens (including phenoxy) is 3. The highest BCUT2D eigenvalue weighted by molar-refractivity contribution is 6.76. The second-order valence-corrected chi connectivity index (χ2v) is 17.0. The molecule has 0 spiro atoms. The Morgan fingerprint density at radius 2 is 1.84 bits per heavy atom. The SMILES string of the molecule is C[Si](C)(C)CCOCn1cc(C(F)(F)F)c2c(Oc3ccc(NC(=O)NCCCN4CCOCC4)c(F)c3F)ccnc21. The predicted octanol–water partition coefficient (Wildman–Crippen LogP) is 6.28. The molecule has 9 nitrogen and oxygen atoms in total. The number of fused-ring (bicyclic) bond motifs is 1. The third kappa shape index (κ3) is 8.87. The summed E-state index contributed by atoms with van der Waals surface area (Å²) in [6.45, 7) is 10.7. The smallest absolute Gasteiger partial charge is 0.418 e. The average Bonchev–Trinajstić information content (AvgIpc) is 3.33. The van der Waals surface area contributed by atoms with Crippen LogP contribution in [-0.4, -0.2) is 74.6 Å². The van der Waals surface area contributed by atoms with Crippen LogP contribution in [0.15, 0.2) is 30.6 Å². The van der Waals surface area contributed by atoms with Gasteiger partial charge in [0.05, 0.1) is 29.9 Å². The summed E-state index contributed by atoms with van der Waals surface area (Å²) in [5.74, 6) is -3.92. The zero-order chi connectivity index (χ0) is 31.2. The Kier molecular flexibility index (Phi) is 10.6. The second-order valence-electron chi connectivity index (χ2n) is 11.4. The maximum Gasteiger partial charge on any atom is 0.418 e. The van der Waals surface area contributed by atoms with Gasteiger partial charge in [-0.25, -0.2) is 14.2 Å². The normalized spacial score (nSPS) is 14.7. The van der Waals surface area contributed by atoms with E-state index < -0.39 is 54.3 Å². The largest absolute Gasteiger partial charge is 0.453 e. The van der Waals surface area contributed by atoms with E-state index >= 15 is 4.39 Å². The van der Waals surface area contributed by atoms with Crippen molar-refractivity contribution in [1.29, 1.82) is 0 Å². The lowest BCUT2D eigenvalue weighted by Crippen LogP contribution is -2.38. The van der Waals surface area contributed by atoms with E-state index in [0.29, 0.717) is 32.8 Å². The minimum atomic E-state index is -4.78. The quantitative estimate of drug-likeness (QED) is 0.139. The Morgan fingerprint density at radius 3 is 2.53 bits per heavy atom. The molecular weight excluding hydrogens is 593 g/mol. The molecule has 1 aliphatic heterocycles. The molecule has 0 unspecified atom stereocenters. The van der Waals surface area contributed by atoms with E-state index in [4.69, 9.17) is 14.2 Å². The number of alkyl halides is 3. The van der Waals surface area contributed by atoms with Gasteiger partial charge in [-0.15, -0.1) is 0 Å². The number of rotatable bonds is 12. The summed E-state index contributed by atoms with van der Waals surface area (Å²) >= 11 is 0. The maximum atomic E-state index is 15.0. The van der Waals surface area contributed by atoms with E-state index in [9.17, 15) is 22.4 Å². The summed E-state index contributed by atoms with van der Waals surface area (Å²) in [4.78, 5) is 18.5. The lowest BCUT2D eigenvalue weighted by Gasteiger charge is -2.26. The number of benzene rings is 1. The van der Waals surface area contributed by atoms with Gasteiger partial charge in [0.25, 0.3) is 0 Å². The summed E-state index contributed by atoms with van der Waals surface area (Å²) in [6, 6.07) is 3.34. The molecule has 1 aliphatic rings. The number of nitrogens with zero attached hydrogens (tertiary/aromatic N) is 3. The van der Waals surface area contributed by atoms with Crippen LogP contribution >= 0.6 is 0 Å². The van der Waals surface area contributed by atoms with Gasteiger partial charge in [-0.05, 0) is 37.2 Å². The summed E-state index contributed by atoms with van der Waals surface area (Å²) in [5, 5.41) is 4.42. The molecule has 236 valence electrons. The molecule has 4 rings (SSSR count). The van der Waals surface area contributed by atoms with Crippen LogP contribution in [0.5, 0.6) is 11.5 Å². The Hall–Kier alpha value is -3.27. The van der Waals surface area contributed by atoms with Crippen LogP contribution in [0.25, 0.3) is 11.0 Å². The number of pyridine rings is 1. The molecule has 2 amide bonds. The number of carbonyl (C=O) groups is 1. The van der Waals surface area contributed by atoms with Crippen LogP contribution < -0.4 is 15.4 Å². The van der Waals surface area contributed by atoms with Crippen molar-refractivity contribution in [1.82, 2.24) is 19.8 Å². The first-order valence-corrected chi connectivity index (χ1v) is 17.7. The number of morpholine rings is 1. The van der Waals surface area contributed by atoms with Crippen molar-refractivity contribution >= 4 is 30.8 Å². The Labute approximate surface area is 247 Å². The van der Waals surface area contributed by atoms with Gasteiger partial charge in [-0.1, -0.05) is 19.6 Å². The number of amides is 2.